The van der Waals surface area contributed by atoms with Crippen molar-refractivity contribution in [3.05, 3.63) is 24.3 Å². The van der Waals surface area contributed by atoms with Gasteiger partial charge in [0.1, 0.15) is 5.52 Å². The van der Waals surface area contributed by atoms with Crippen LogP contribution in [0.15, 0.2) is 28.7 Å². The van der Waals surface area contributed by atoms with Crippen LogP contribution in [0.5, 0.6) is 0 Å². The Morgan fingerprint density at radius 3 is 2.79 bits per heavy atom. The molecule has 102 valence electrons. The molecule has 1 aliphatic heterocycles. The zero-order valence-electron chi connectivity index (χ0n) is 11.0. The lowest BCUT2D eigenvalue weighted by atomic mass is 9.94. The van der Waals surface area contributed by atoms with Gasteiger partial charge in [0.25, 0.3) is 6.01 Å². The van der Waals surface area contributed by atoms with Gasteiger partial charge in [-0.3, -0.25) is 0 Å². The van der Waals surface area contributed by atoms with Crippen molar-refractivity contribution in [3.8, 4) is 0 Å². The van der Waals surface area contributed by atoms with Crippen LogP contribution in [-0.4, -0.2) is 42.5 Å². The van der Waals surface area contributed by atoms with Gasteiger partial charge in [0.15, 0.2) is 5.58 Å². The summed E-state index contributed by atoms with van der Waals surface area (Å²) in [6.07, 6.45) is 1.30. The maximum Gasteiger partial charge on any atom is 0.298 e. The summed E-state index contributed by atoms with van der Waals surface area (Å²) < 4.78 is 11.0. The smallest absolute Gasteiger partial charge is 0.298 e. The first-order valence-corrected chi connectivity index (χ1v) is 6.53. The van der Waals surface area contributed by atoms with Crippen LogP contribution in [0, 0.1) is 0 Å². The van der Waals surface area contributed by atoms with Gasteiger partial charge in [-0.15, -0.1) is 0 Å². The summed E-state index contributed by atoms with van der Waals surface area (Å²) in [7, 11) is 1.89. The molecule has 2 heterocycles. The first kappa shape index (κ1) is 12.4. The summed E-state index contributed by atoms with van der Waals surface area (Å²) >= 11 is 0. The van der Waals surface area contributed by atoms with Crippen molar-refractivity contribution >= 4 is 17.1 Å². The zero-order valence-corrected chi connectivity index (χ0v) is 11.0. The van der Waals surface area contributed by atoms with E-state index in [0.29, 0.717) is 38.6 Å². The van der Waals surface area contributed by atoms with E-state index in [1.165, 1.54) is 0 Å². The Kier molecular flexibility index (Phi) is 3.16. The van der Waals surface area contributed by atoms with Gasteiger partial charge in [-0.05, 0) is 12.1 Å². The Morgan fingerprint density at radius 2 is 2.05 bits per heavy atom. The van der Waals surface area contributed by atoms with Crippen molar-refractivity contribution < 1.29 is 14.3 Å². The van der Waals surface area contributed by atoms with Crippen LogP contribution in [0.4, 0.5) is 6.01 Å². The van der Waals surface area contributed by atoms with E-state index < -0.39 is 5.60 Å². The number of nitrogens with zero attached hydrogens (tertiary/aromatic N) is 2. The molecule has 1 fully saturated rings. The number of aliphatic hydroxyl groups is 1. The molecular weight excluding hydrogens is 244 g/mol. The average Bonchev–Trinajstić information content (AvgIpc) is 2.83. The van der Waals surface area contributed by atoms with E-state index >= 15 is 0 Å². The van der Waals surface area contributed by atoms with Gasteiger partial charge >= 0.3 is 0 Å². The van der Waals surface area contributed by atoms with Crippen LogP contribution in [0.1, 0.15) is 12.8 Å². The molecular formula is C14H18N2O3. The fourth-order valence-corrected chi connectivity index (χ4v) is 2.44. The number of rotatable bonds is 3. The minimum atomic E-state index is -0.715. The maximum absolute atomic E-state index is 10.5. The first-order valence-electron chi connectivity index (χ1n) is 6.53. The average molecular weight is 262 g/mol. The molecule has 0 amide bonds. The number of aromatic nitrogens is 1. The Hall–Kier alpha value is -1.59. The van der Waals surface area contributed by atoms with Crippen LogP contribution in [0.3, 0.4) is 0 Å². The van der Waals surface area contributed by atoms with E-state index in [-0.39, 0.29) is 0 Å². The number of hydrogen-bond acceptors (Lipinski definition) is 5. The van der Waals surface area contributed by atoms with Crippen molar-refractivity contribution in [2.24, 2.45) is 0 Å². The van der Waals surface area contributed by atoms with Crippen LogP contribution >= 0.6 is 0 Å². The highest BCUT2D eigenvalue weighted by atomic mass is 16.5. The number of anilines is 1. The molecule has 1 saturated heterocycles. The predicted molar refractivity (Wildman–Crippen MR) is 72.3 cm³/mol. The molecule has 1 N–H and O–H groups in total. The molecule has 0 aliphatic carbocycles. The highest BCUT2D eigenvalue weighted by Crippen LogP contribution is 2.25. The lowest BCUT2D eigenvalue weighted by molar-refractivity contribution is -0.0576. The summed E-state index contributed by atoms with van der Waals surface area (Å²) in [4.78, 5) is 6.29. The van der Waals surface area contributed by atoms with E-state index in [2.05, 4.69) is 4.98 Å². The largest absolute Gasteiger partial charge is 0.423 e. The van der Waals surface area contributed by atoms with Gasteiger partial charge in [-0.2, -0.15) is 4.98 Å². The third-order valence-corrected chi connectivity index (χ3v) is 3.56. The third kappa shape index (κ3) is 2.57. The molecule has 0 radical (unpaired) electrons. The summed E-state index contributed by atoms with van der Waals surface area (Å²) in [5, 5.41) is 10.5. The van der Waals surface area contributed by atoms with Crippen LogP contribution < -0.4 is 4.90 Å². The van der Waals surface area contributed by atoms with E-state index in [1.54, 1.807) is 0 Å². The number of ether oxygens (including phenoxy) is 1. The number of benzene rings is 1. The molecule has 19 heavy (non-hydrogen) atoms. The second-order valence-corrected chi connectivity index (χ2v) is 5.16. The molecule has 1 aromatic carbocycles. The minimum Gasteiger partial charge on any atom is -0.423 e. The highest BCUT2D eigenvalue weighted by molar-refractivity contribution is 5.74. The van der Waals surface area contributed by atoms with Crippen LogP contribution in [0.25, 0.3) is 11.1 Å². The molecule has 2 aromatic rings. The first-order chi connectivity index (χ1) is 9.16. The van der Waals surface area contributed by atoms with Gasteiger partial charge in [-0.1, -0.05) is 12.1 Å². The maximum atomic E-state index is 10.5. The minimum absolute atomic E-state index is 0.503. The Labute approximate surface area is 111 Å². The topological polar surface area (TPSA) is 58.7 Å². The lowest BCUT2D eigenvalue weighted by Crippen LogP contribution is -2.45. The predicted octanol–water partition coefficient (Wildman–Crippen LogP) is 1.81. The second kappa shape index (κ2) is 4.83. The third-order valence-electron chi connectivity index (χ3n) is 3.56. The Morgan fingerprint density at radius 1 is 1.32 bits per heavy atom. The van der Waals surface area contributed by atoms with Gasteiger partial charge < -0.3 is 19.2 Å². The molecule has 0 saturated carbocycles. The molecule has 0 unspecified atom stereocenters. The summed E-state index contributed by atoms with van der Waals surface area (Å²) in [5.74, 6) is 0. The molecule has 3 rings (SSSR count). The molecule has 1 aliphatic rings. The zero-order chi connectivity index (χ0) is 13.3. The SMILES string of the molecule is CN(CC1(O)CCOCC1)c1nc2ccccc2o1. The molecule has 0 spiro atoms. The van der Waals surface area contributed by atoms with E-state index in [0.717, 1.165) is 11.1 Å². The molecule has 5 heteroatoms. The monoisotopic (exact) mass is 262 g/mol. The quantitative estimate of drug-likeness (QED) is 0.914. The Balaban J connectivity index is 1.77. The van der Waals surface area contributed by atoms with Crippen LogP contribution in [0.2, 0.25) is 0 Å². The lowest BCUT2D eigenvalue weighted by Gasteiger charge is -2.34. The molecule has 0 bridgehead atoms. The molecule has 1 aromatic heterocycles. The van der Waals surface area contributed by atoms with E-state index in [4.69, 9.17) is 9.15 Å². The van der Waals surface area contributed by atoms with E-state index in [9.17, 15) is 5.11 Å². The highest BCUT2D eigenvalue weighted by Gasteiger charge is 2.32. The summed E-state index contributed by atoms with van der Waals surface area (Å²) in [6, 6.07) is 8.20. The number of likely N-dealkylation sites (N-methyl/N-ethyl adjacent to an activating group) is 1. The van der Waals surface area contributed by atoms with Gasteiger partial charge in [0.2, 0.25) is 0 Å². The Bertz CT molecular complexity index is 528. The van der Waals surface area contributed by atoms with Crippen molar-refractivity contribution in [2.75, 3.05) is 31.7 Å². The summed E-state index contributed by atoms with van der Waals surface area (Å²) in [5.41, 5.74) is 0.889. The van der Waals surface area contributed by atoms with Crippen LogP contribution in [-0.2, 0) is 4.74 Å². The van der Waals surface area contributed by atoms with Crippen molar-refractivity contribution in [2.45, 2.75) is 18.4 Å². The number of oxazole rings is 1. The van der Waals surface area contributed by atoms with E-state index in [1.807, 2.05) is 36.2 Å². The normalized spacial score (nSPS) is 18.6. The van der Waals surface area contributed by atoms with Gasteiger partial charge in [-0.25, -0.2) is 0 Å². The van der Waals surface area contributed by atoms with Gasteiger partial charge in [0.05, 0.1) is 12.1 Å². The molecule has 0 atom stereocenters. The van der Waals surface area contributed by atoms with Crippen molar-refractivity contribution in [1.82, 2.24) is 4.98 Å². The second-order valence-electron chi connectivity index (χ2n) is 5.16. The van der Waals surface area contributed by atoms with Crippen molar-refractivity contribution in [1.29, 1.82) is 0 Å². The molecule has 5 nitrogen and oxygen atoms in total. The number of hydrogen-bond donors (Lipinski definition) is 1. The summed E-state index contributed by atoms with van der Waals surface area (Å²) in [6.45, 7) is 1.72. The number of fused-ring (bicyclic) bond motifs is 1. The number of para-hydroxylation sites is 2. The van der Waals surface area contributed by atoms with Crippen molar-refractivity contribution in [3.63, 3.8) is 0 Å². The van der Waals surface area contributed by atoms with Gasteiger partial charge in [0, 0.05) is 33.1 Å². The fraction of sp³-hybridized carbons (Fsp3) is 0.500. The fourth-order valence-electron chi connectivity index (χ4n) is 2.44. The standard InChI is InChI=1S/C14H18N2O3/c1-16(10-14(17)6-8-18-9-7-14)13-15-11-4-2-3-5-12(11)19-13/h2-5,17H,6-10H2,1H3.